The summed E-state index contributed by atoms with van der Waals surface area (Å²) in [5.74, 6) is -0.208. The molecular weight excluding hydrogens is 406 g/mol. The molecule has 3 rings (SSSR count). The topological polar surface area (TPSA) is 87.3 Å². The van der Waals surface area contributed by atoms with Crippen molar-refractivity contribution in [2.24, 2.45) is 0 Å². The highest BCUT2D eigenvalue weighted by Gasteiger charge is 2.08. The Balaban J connectivity index is 1.51. The van der Waals surface area contributed by atoms with Gasteiger partial charge in [0.05, 0.1) is 10.6 Å². The van der Waals surface area contributed by atoms with Crippen molar-refractivity contribution in [1.29, 1.82) is 0 Å². The van der Waals surface area contributed by atoms with Gasteiger partial charge in [0.1, 0.15) is 0 Å². The molecule has 2 aromatic carbocycles. The molecule has 3 N–H and O–H groups in total. The number of thiophene rings is 1. The number of amides is 3. The van der Waals surface area contributed by atoms with E-state index in [0.29, 0.717) is 21.9 Å². The third kappa shape index (κ3) is 6.48. The van der Waals surface area contributed by atoms with Gasteiger partial charge >= 0.3 is 0 Å². The molecule has 8 heteroatoms. The van der Waals surface area contributed by atoms with Gasteiger partial charge in [-0.25, -0.2) is 0 Å². The Kier molecular flexibility index (Phi) is 7.04. The molecule has 0 aliphatic rings. The van der Waals surface area contributed by atoms with Crippen molar-refractivity contribution in [2.75, 3.05) is 21.7 Å². The van der Waals surface area contributed by atoms with E-state index in [1.807, 2.05) is 35.7 Å². The minimum atomic E-state index is -0.150. The molecule has 6 nitrogen and oxygen atoms in total. The summed E-state index contributed by atoms with van der Waals surface area (Å²) in [5, 5.41) is 10.2. The first-order valence-electron chi connectivity index (χ1n) is 8.75. The number of carbonyl (C=O) groups is 3. The van der Waals surface area contributed by atoms with Gasteiger partial charge in [-0.2, -0.15) is 0 Å². The Morgan fingerprint density at radius 1 is 0.862 bits per heavy atom. The quantitative estimate of drug-likeness (QED) is 0.479. The zero-order valence-electron chi connectivity index (χ0n) is 15.6. The van der Waals surface area contributed by atoms with Crippen LogP contribution in [0.2, 0.25) is 0 Å². The van der Waals surface area contributed by atoms with E-state index in [0.717, 1.165) is 4.90 Å². The number of carbonyl (C=O) groups excluding carboxylic acids is 3. The number of hydrogen-bond donors (Lipinski definition) is 3. The molecular formula is C21H19N3O3S2. The summed E-state index contributed by atoms with van der Waals surface area (Å²) >= 11 is 2.76. The Morgan fingerprint density at radius 3 is 2.24 bits per heavy atom. The fourth-order valence-corrected chi connectivity index (χ4v) is 3.82. The van der Waals surface area contributed by atoms with Crippen molar-refractivity contribution in [3.63, 3.8) is 0 Å². The molecule has 0 atom stereocenters. The van der Waals surface area contributed by atoms with E-state index in [2.05, 4.69) is 16.0 Å². The van der Waals surface area contributed by atoms with Crippen LogP contribution in [0.5, 0.6) is 0 Å². The third-order valence-corrected chi connectivity index (χ3v) is 5.56. The van der Waals surface area contributed by atoms with E-state index in [-0.39, 0.29) is 23.5 Å². The lowest BCUT2D eigenvalue weighted by atomic mass is 10.3. The highest BCUT2D eigenvalue weighted by atomic mass is 32.2. The number of thioether (sulfide) groups is 1. The van der Waals surface area contributed by atoms with Crippen molar-refractivity contribution in [2.45, 2.75) is 11.8 Å². The molecule has 0 saturated carbocycles. The largest absolute Gasteiger partial charge is 0.326 e. The molecule has 0 fully saturated rings. The van der Waals surface area contributed by atoms with Gasteiger partial charge in [0.15, 0.2) is 0 Å². The third-order valence-electron chi connectivity index (χ3n) is 3.70. The Morgan fingerprint density at radius 2 is 1.59 bits per heavy atom. The minimum absolute atomic E-state index is 0.143. The fourth-order valence-electron chi connectivity index (χ4n) is 2.45. The summed E-state index contributed by atoms with van der Waals surface area (Å²) in [6.45, 7) is 1.44. The number of nitrogens with one attached hydrogen (secondary N) is 3. The van der Waals surface area contributed by atoms with Crippen molar-refractivity contribution < 1.29 is 14.4 Å². The van der Waals surface area contributed by atoms with Crippen LogP contribution in [-0.2, 0) is 9.59 Å². The summed E-state index contributed by atoms with van der Waals surface area (Å²) in [6, 6.07) is 17.9. The van der Waals surface area contributed by atoms with Gasteiger partial charge in [0.25, 0.3) is 5.91 Å². The van der Waals surface area contributed by atoms with Crippen molar-refractivity contribution in [1.82, 2.24) is 0 Å². The molecule has 0 aliphatic carbocycles. The van der Waals surface area contributed by atoms with Crippen molar-refractivity contribution >= 4 is 57.9 Å². The number of rotatable bonds is 7. The SMILES string of the molecule is CC(=O)Nc1ccc(NC(=O)CSc2cccc(NC(=O)c3cccs3)c2)cc1. The Hall–Kier alpha value is -3.10. The molecule has 0 aliphatic heterocycles. The lowest BCUT2D eigenvalue weighted by molar-refractivity contribution is -0.114. The molecule has 3 aromatic rings. The summed E-state index contributed by atoms with van der Waals surface area (Å²) in [5.41, 5.74) is 2.01. The van der Waals surface area contributed by atoms with Crippen LogP contribution in [-0.4, -0.2) is 23.5 Å². The van der Waals surface area contributed by atoms with E-state index in [1.165, 1.54) is 30.0 Å². The maximum atomic E-state index is 12.2. The first-order chi connectivity index (χ1) is 14.0. The highest BCUT2D eigenvalue weighted by molar-refractivity contribution is 8.00. The zero-order valence-corrected chi connectivity index (χ0v) is 17.2. The van der Waals surface area contributed by atoms with Gasteiger partial charge in [-0.1, -0.05) is 12.1 Å². The van der Waals surface area contributed by atoms with Crippen LogP contribution >= 0.6 is 23.1 Å². The summed E-state index contributed by atoms with van der Waals surface area (Å²) in [6.07, 6.45) is 0. The van der Waals surface area contributed by atoms with Gasteiger partial charge in [0, 0.05) is 28.9 Å². The van der Waals surface area contributed by atoms with Crippen LogP contribution in [0.1, 0.15) is 16.6 Å². The van der Waals surface area contributed by atoms with E-state index in [1.54, 1.807) is 30.3 Å². The summed E-state index contributed by atoms with van der Waals surface area (Å²) in [4.78, 5) is 36.9. The predicted octanol–water partition coefficient (Wildman–Crippen LogP) is 4.69. The molecule has 1 heterocycles. The van der Waals surface area contributed by atoms with Gasteiger partial charge in [-0.3, -0.25) is 14.4 Å². The second-order valence-corrected chi connectivity index (χ2v) is 8.05. The minimum Gasteiger partial charge on any atom is -0.326 e. The van der Waals surface area contributed by atoms with Crippen molar-refractivity contribution in [3.8, 4) is 0 Å². The van der Waals surface area contributed by atoms with Crippen LogP contribution in [0.25, 0.3) is 0 Å². The smallest absolute Gasteiger partial charge is 0.265 e. The number of benzene rings is 2. The Labute approximate surface area is 176 Å². The lowest BCUT2D eigenvalue weighted by Crippen LogP contribution is -2.14. The Bertz CT molecular complexity index is 1000. The molecule has 3 amide bonds. The van der Waals surface area contributed by atoms with Crippen LogP contribution in [0.15, 0.2) is 70.9 Å². The second-order valence-electron chi connectivity index (χ2n) is 6.05. The molecule has 0 saturated heterocycles. The fraction of sp³-hybridized carbons (Fsp3) is 0.0952. The zero-order chi connectivity index (χ0) is 20.6. The van der Waals surface area contributed by atoms with Gasteiger partial charge in [0.2, 0.25) is 11.8 Å². The molecule has 148 valence electrons. The normalized spacial score (nSPS) is 10.2. The van der Waals surface area contributed by atoms with E-state index >= 15 is 0 Å². The maximum Gasteiger partial charge on any atom is 0.265 e. The number of hydrogen-bond acceptors (Lipinski definition) is 5. The average Bonchev–Trinajstić information content (AvgIpc) is 3.23. The predicted molar refractivity (Wildman–Crippen MR) is 119 cm³/mol. The van der Waals surface area contributed by atoms with Crippen molar-refractivity contribution in [3.05, 3.63) is 70.9 Å². The molecule has 0 bridgehead atoms. The standard InChI is InChI=1S/C21H19N3O3S2/c1-14(25)22-15-7-9-16(10-8-15)23-20(26)13-29-18-5-2-4-17(12-18)24-21(27)19-6-3-11-28-19/h2-12H,13H2,1H3,(H,22,25)(H,23,26)(H,24,27). The van der Waals surface area contributed by atoms with Gasteiger partial charge < -0.3 is 16.0 Å². The maximum absolute atomic E-state index is 12.2. The van der Waals surface area contributed by atoms with Crippen LogP contribution in [0.3, 0.4) is 0 Å². The molecule has 1 aromatic heterocycles. The van der Waals surface area contributed by atoms with Gasteiger partial charge in [-0.05, 0) is 53.9 Å². The first-order valence-corrected chi connectivity index (χ1v) is 10.6. The molecule has 0 spiro atoms. The summed E-state index contributed by atoms with van der Waals surface area (Å²) < 4.78 is 0. The molecule has 29 heavy (non-hydrogen) atoms. The van der Waals surface area contributed by atoms with E-state index in [9.17, 15) is 14.4 Å². The van der Waals surface area contributed by atoms with Crippen LogP contribution < -0.4 is 16.0 Å². The first kappa shape index (κ1) is 20.6. The molecule has 0 unspecified atom stereocenters. The molecule has 0 radical (unpaired) electrons. The average molecular weight is 426 g/mol. The monoisotopic (exact) mass is 425 g/mol. The highest BCUT2D eigenvalue weighted by Crippen LogP contribution is 2.23. The van der Waals surface area contributed by atoms with E-state index < -0.39 is 0 Å². The number of anilines is 3. The summed E-state index contributed by atoms with van der Waals surface area (Å²) in [7, 11) is 0. The van der Waals surface area contributed by atoms with Crippen LogP contribution in [0.4, 0.5) is 17.1 Å². The lowest BCUT2D eigenvalue weighted by Gasteiger charge is -2.08. The second kappa shape index (κ2) is 9.90. The van der Waals surface area contributed by atoms with Crippen LogP contribution in [0, 0.1) is 0 Å². The van der Waals surface area contributed by atoms with Gasteiger partial charge in [-0.15, -0.1) is 23.1 Å². The van der Waals surface area contributed by atoms with E-state index in [4.69, 9.17) is 0 Å².